The van der Waals surface area contributed by atoms with Crippen LogP contribution >= 0.6 is 0 Å². The van der Waals surface area contributed by atoms with Crippen molar-refractivity contribution in [2.24, 2.45) is 13.0 Å². The highest BCUT2D eigenvalue weighted by molar-refractivity contribution is 5.94. The summed E-state index contributed by atoms with van der Waals surface area (Å²) < 4.78 is 1.02. The van der Waals surface area contributed by atoms with Gasteiger partial charge in [0.25, 0.3) is 11.5 Å². The average molecular weight is 267 g/mol. The monoisotopic (exact) mass is 267 g/mol. The number of amides is 1. The van der Waals surface area contributed by atoms with Crippen molar-refractivity contribution < 1.29 is 14.7 Å². The third kappa shape index (κ3) is 3.64. The summed E-state index contributed by atoms with van der Waals surface area (Å²) in [6.45, 7) is 3.59. The molecule has 104 valence electrons. The Morgan fingerprint density at radius 3 is 2.58 bits per heavy atom. The molecule has 2 atom stereocenters. The zero-order valence-electron chi connectivity index (χ0n) is 11.1. The summed E-state index contributed by atoms with van der Waals surface area (Å²) in [5.74, 6) is -1.90. The van der Waals surface area contributed by atoms with Crippen LogP contribution in [0.1, 0.15) is 30.8 Å². The number of carbonyl (C=O) groups is 2. The summed E-state index contributed by atoms with van der Waals surface area (Å²) in [6, 6.07) is 1.50. The molecule has 0 aliphatic rings. The second-order valence-electron chi connectivity index (χ2n) is 4.36. The van der Waals surface area contributed by atoms with Crippen molar-refractivity contribution in [1.82, 2.24) is 15.1 Å². The summed E-state index contributed by atoms with van der Waals surface area (Å²) in [4.78, 5) is 34.1. The summed E-state index contributed by atoms with van der Waals surface area (Å²) in [6.07, 6.45) is 0.623. The molecule has 0 saturated heterocycles. The molecule has 0 aromatic carbocycles. The minimum absolute atomic E-state index is 0.0108. The third-order valence-corrected chi connectivity index (χ3v) is 2.96. The van der Waals surface area contributed by atoms with Crippen molar-refractivity contribution in [1.29, 1.82) is 0 Å². The molecular weight excluding hydrogens is 250 g/mol. The van der Waals surface area contributed by atoms with E-state index in [-0.39, 0.29) is 17.2 Å². The van der Waals surface area contributed by atoms with Gasteiger partial charge in [-0.25, -0.2) is 9.48 Å². The van der Waals surface area contributed by atoms with Gasteiger partial charge in [-0.05, 0) is 12.0 Å². The predicted octanol–water partition coefficient (Wildman–Crippen LogP) is 0.00940. The van der Waals surface area contributed by atoms with Crippen molar-refractivity contribution in [3.05, 3.63) is 28.2 Å². The van der Waals surface area contributed by atoms with Crippen molar-refractivity contribution in [2.75, 3.05) is 0 Å². The molecule has 0 saturated carbocycles. The zero-order chi connectivity index (χ0) is 14.6. The van der Waals surface area contributed by atoms with E-state index in [0.717, 1.165) is 4.68 Å². The summed E-state index contributed by atoms with van der Waals surface area (Å²) >= 11 is 0. The fourth-order valence-electron chi connectivity index (χ4n) is 1.52. The van der Waals surface area contributed by atoms with E-state index in [0.29, 0.717) is 6.42 Å². The highest BCUT2D eigenvalue weighted by atomic mass is 16.4. The molecule has 2 N–H and O–H groups in total. The maximum Gasteiger partial charge on any atom is 0.326 e. The molecule has 7 heteroatoms. The molecule has 1 rings (SSSR count). The summed E-state index contributed by atoms with van der Waals surface area (Å²) in [7, 11) is 1.42. The average Bonchev–Trinajstić information content (AvgIpc) is 2.37. The second-order valence-corrected chi connectivity index (χ2v) is 4.36. The van der Waals surface area contributed by atoms with Crippen LogP contribution in [0.5, 0.6) is 0 Å². The minimum atomic E-state index is -1.09. The van der Waals surface area contributed by atoms with Crippen LogP contribution in [0, 0.1) is 5.92 Å². The smallest absolute Gasteiger partial charge is 0.326 e. The van der Waals surface area contributed by atoms with Gasteiger partial charge in [0.2, 0.25) is 0 Å². The van der Waals surface area contributed by atoms with Crippen molar-refractivity contribution in [3.8, 4) is 0 Å². The first-order valence-electron chi connectivity index (χ1n) is 5.94. The third-order valence-electron chi connectivity index (χ3n) is 2.96. The van der Waals surface area contributed by atoms with Gasteiger partial charge in [0, 0.05) is 13.1 Å². The number of carboxylic acids is 1. The van der Waals surface area contributed by atoms with Crippen LogP contribution in [0.2, 0.25) is 0 Å². The fraction of sp³-hybridized carbons (Fsp3) is 0.500. The lowest BCUT2D eigenvalue weighted by atomic mass is 9.99. The molecule has 0 spiro atoms. The number of aliphatic carboxylic acids is 1. The van der Waals surface area contributed by atoms with Crippen LogP contribution in [0.15, 0.2) is 16.9 Å². The first-order chi connectivity index (χ1) is 8.86. The molecule has 0 aliphatic carbocycles. The fourth-order valence-corrected chi connectivity index (χ4v) is 1.52. The lowest BCUT2D eigenvalue weighted by molar-refractivity contribution is -0.140. The van der Waals surface area contributed by atoms with Gasteiger partial charge in [-0.15, -0.1) is 0 Å². The van der Waals surface area contributed by atoms with E-state index in [2.05, 4.69) is 10.4 Å². The Balaban J connectivity index is 2.90. The van der Waals surface area contributed by atoms with Gasteiger partial charge >= 0.3 is 5.97 Å². The van der Waals surface area contributed by atoms with E-state index in [1.807, 2.05) is 6.92 Å². The number of nitrogens with zero attached hydrogens (tertiary/aromatic N) is 2. The molecule has 0 fully saturated rings. The van der Waals surface area contributed by atoms with E-state index in [1.165, 1.54) is 19.2 Å². The number of hydrogen-bond donors (Lipinski definition) is 2. The van der Waals surface area contributed by atoms with Gasteiger partial charge in [-0.1, -0.05) is 20.3 Å². The van der Waals surface area contributed by atoms with E-state index < -0.39 is 17.9 Å². The van der Waals surface area contributed by atoms with Gasteiger partial charge in [0.1, 0.15) is 11.7 Å². The number of nitrogens with one attached hydrogen (secondary N) is 1. The first-order valence-corrected chi connectivity index (χ1v) is 5.94. The van der Waals surface area contributed by atoms with Crippen LogP contribution in [0.4, 0.5) is 0 Å². The van der Waals surface area contributed by atoms with E-state index >= 15 is 0 Å². The SMILES string of the molecule is CCC(C)[C@H](NC(=O)c1ccc(=O)n(C)n1)C(=O)O. The molecule has 7 nitrogen and oxygen atoms in total. The number of carboxylic acid groups (broad SMARTS) is 1. The number of aryl methyl sites for hydroxylation is 1. The molecular formula is C12H17N3O4. The molecule has 1 amide bonds. The Kier molecular flexibility index (Phi) is 4.80. The molecule has 19 heavy (non-hydrogen) atoms. The number of hydrogen-bond acceptors (Lipinski definition) is 4. The normalized spacial score (nSPS) is 13.6. The Bertz CT molecular complexity index is 538. The predicted molar refractivity (Wildman–Crippen MR) is 67.8 cm³/mol. The quantitative estimate of drug-likeness (QED) is 0.782. The molecule has 0 radical (unpaired) electrons. The molecule has 1 aromatic rings. The van der Waals surface area contributed by atoms with Gasteiger partial charge in [0.15, 0.2) is 0 Å². The molecule has 1 unspecified atom stereocenters. The van der Waals surface area contributed by atoms with Crippen LogP contribution < -0.4 is 10.9 Å². The largest absolute Gasteiger partial charge is 0.480 e. The Morgan fingerprint density at radius 1 is 1.47 bits per heavy atom. The Morgan fingerprint density at radius 2 is 2.11 bits per heavy atom. The highest BCUT2D eigenvalue weighted by Crippen LogP contribution is 2.08. The lowest BCUT2D eigenvalue weighted by Crippen LogP contribution is -2.45. The van der Waals surface area contributed by atoms with Gasteiger partial charge < -0.3 is 10.4 Å². The maximum absolute atomic E-state index is 11.9. The topological polar surface area (TPSA) is 101 Å². The van der Waals surface area contributed by atoms with Crippen molar-refractivity contribution >= 4 is 11.9 Å². The zero-order valence-corrected chi connectivity index (χ0v) is 11.1. The molecule has 1 heterocycles. The van der Waals surface area contributed by atoms with Gasteiger partial charge in [-0.3, -0.25) is 9.59 Å². The van der Waals surface area contributed by atoms with Gasteiger partial charge in [-0.2, -0.15) is 5.10 Å². The van der Waals surface area contributed by atoms with Crippen LogP contribution in [-0.2, 0) is 11.8 Å². The summed E-state index contributed by atoms with van der Waals surface area (Å²) in [5.41, 5.74) is -0.329. The maximum atomic E-state index is 11.9. The van der Waals surface area contributed by atoms with Crippen molar-refractivity contribution in [2.45, 2.75) is 26.3 Å². The lowest BCUT2D eigenvalue weighted by Gasteiger charge is -2.19. The van der Waals surface area contributed by atoms with E-state index in [9.17, 15) is 14.4 Å². The minimum Gasteiger partial charge on any atom is -0.480 e. The van der Waals surface area contributed by atoms with Crippen LogP contribution in [0.25, 0.3) is 0 Å². The van der Waals surface area contributed by atoms with Crippen molar-refractivity contribution in [3.63, 3.8) is 0 Å². The highest BCUT2D eigenvalue weighted by Gasteiger charge is 2.26. The van der Waals surface area contributed by atoms with Crippen LogP contribution in [0.3, 0.4) is 0 Å². The first kappa shape index (κ1) is 14.9. The number of aromatic nitrogens is 2. The summed E-state index contributed by atoms with van der Waals surface area (Å²) in [5, 5.41) is 15.3. The Labute approximate surface area is 110 Å². The second kappa shape index (κ2) is 6.12. The van der Waals surface area contributed by atoms with Gasteiger partial charge in [0.05, 0.1) is 0 Å². The molecule has 1 aromatic heterocycles. The van der Waals surface area contributed by atoms with E-state index in [1.54, 1.807) is 6.92 Å². The number of rotatable bonds is 5. The Hall–Kier alpha value is -2.18. The van der Waals surface area contributed by atoms with E-state index in [4.69, 9.17) is 5.11 Å². The van der Waals surface area contributed by atoms with Crippen LogP contribution in [-0.4, -0.2) is 32.8 Å². The molecule has 0 aliphatic heterocycles. The molecule has 0 bridgehead atoms. The standard InChI is InChI=1S/C12H17N3O4/c1-4-7(2)10(12(18)19)13-11(17)8-5-6-9(16)15(3)14-8/h5-7,10H,4H2,1-3H3,(H,13,17)(H,18,19)/t7?,10-/m0/s1. The number of carbonyl (C=O) groups excluding carboxylic acids is 1.